The third kappa shape index (κ3) is 2.43. The van der Waals surface area contributed by atoms with Crippen molar-refractivity contribution in [3.8, 4) is 0 Å². The van der Waals surface area contributed by atoms with Crippen LogP contribution in [0.1, 0.15) is 28.6 Å². The number of aromatic nitrogens is 2. The predicted octanol–water partition coefficient (Wildman–Crippen LogP) is 2.48. The van der Waals surface area contributed by atoms with E-state index in [0.717, 1.165) is 22.5 Å². The summed E-state index contributed by atoms with van der Waals surface area (Å²) in [5.74, 6) is -0.204. The smallest absolute Gasteiger partial charge is 0.123 e. The van der Waals surface area contributed by atoms with Crippen molar-refractivity contribution in [2.24, 2.45) is 7.05 Å². The largest absolute Gasteiger partial charge is 0.308 e. The molecule has 0 saturated carbocycles. The third-order valence-corrected chi connectivity index (χ3v) is 3.02. The lowest BCUT2D eigenvalue weighted by molar-refractivity contribution is 0.589. The number of benzene rings is 1. The number of hydrogen-bond donors (Lipinski definition) is 1. The minimum atomic E-state index is -0.204. The highest BCUT2D eigenvalue weighted by Gasteiger charge is 2.17. The van der Waals surface area contributed by atoms with Gasteiger partial charge in [0.2, 0.25) is 0 Å². The van der Waals surface area contributed by atoms with Crippen molar-refractivity contribution in [1.29, 1.82) is 0 Å². The minimum absolute atomic E-state index is 0.0504. The second kappa shape index (κ2) is 4.90. The molecule has 1 aromatic carbocycles. The Morgan fingerprint density at radius 2 is 1.94 bits per heavy atom. The third-order valence-electron chi connectivity index (χ3n) is 3.02. The maximum Gasteiger partial charge on any atom is 0.123 e. The zero-order valence-corrected chi connectivity index (χ0v) is 11.2. The molecule has 0 aliphatic carbocycles. The Kier molecular flexibility index (Phi) is 3.48. The zero-order valence-electron chi connectivity index (χ0n) is 11.2. The van der Waals surface area contributed by atoms with E-state index in [4.69, 9.17) is 0 Å². The van der Waals surface area contributed by atoms with Crippen LogP contribution in [-0.2, 0) is 7.05 Å². The molecule has 0 bridgehead atoms. The summed E-state index contributed by atoms with van der Waals surface area (Å²) in [5, 5.41) is 7.55. The SMILES string of the molecule is CNC(c1cc(C)cc(F)c1)c1cc(C)nn1C. The average molecular weight is 247 g/mol. The van der Waals surface area contributed by atoms with Crippen molar-refractivity contribution in [3.05, 3.63) is 52.6 Å². The molecule has 4 heteroatoms. The van der Waals surface area contributed by atoms with E-state index in [2.05, 4.69) is 10.4 Å². The number of nitrogens with zero attached hydrogens (tertiary/aromatic N) is 2. The highest BCUT2D eigenvalue weighted by Crippen LogP contribution is 2.23. The normalized spacial score (nSPS) is 12.7. The molecule has 0 aliphatic heterocycles. The van der Waals surface area contributed by atoms with Crippen molar-refractivity contribution in [3.63, 3.8) is 0 Å². The van der Waals surface area contributed by atoms with Gasteiger partial charge in [0, 0.05) is 7.05 Å². The molecular weight excluding hydrogens is 229 g/mol. The van der Waals surface area contributed by atoms with Crippen molar-refractivity contribution < 1.29 is 4.39 Å². The van der Waals surface area contributed by atoms with Gasteiger partial charge in [0.25, 0.3) is 0 Å². The Morgan fingerprint density at radius 3 is 2.44 bits per heavy atom. The maximum absolute atomic E-state index is 13.5. The second-order valence-electron chi connectivity index (χ2n) is 4.62. The van der Waals surface area contributed by atoms with Crippen molar-refractivity contribution in [2.45, 2.75) is 19.9 Å². The number of hydrogen-bond acceptors (Lipinski definition) is 2. The Balaban J connectivity index is 2.48. The van der Waals surface area contributed by atoms with Crippen molar-refractivity contribution in [1.82, 2.24) is 15.1 Å². The number of aryl methyl sites for hydroxylation is 3. The molecule has 1 unspecified atom stereocenters. The first kappa shape index (κ1) is 12.8. The van der Waals surface area contributed by atoms with E-state index < -0.39 is 0 Å². The molecule has 0 saturated heterocycles. The average Bonchev–Trinajstić information content (AvgIpc) is 2.58. The summed E-state index contributed by atoms with van der Waals surface area (Å²) in [6.07, 6.45) is 0. The van der Waals surface area contributed by atoms with Gasteiger partial charge in [-0.1, -0.05) is 6.07 Å². The Morgan fingerprint density at radius 1 is 1.22 bits per heavy atom. The molecule has 3 nitrogen and oxygen atoms in total. The van der Waals surface area contributed by atoms with E-state index in [1.165, 1.54) is 6.07 Å². The summed E-state index contributed by atoms with van der Waals surface area (Å²) in [6.45, 7) is 3.85. The van der Waals surface area contributed by atoms with Gasteiger partial charge in [-0.2, -0.15) is 5.10 Å². The van der Waals surface area contributed by atoms with Gasteiger partial charge in [-0.3, -0.25) is 4.68 Å². The highest BCUT2D eigenvalue weighted by molar-refractivity contribution is 5.32. The van der Waals surface area contributed by atoms with E-state index in [-0.39, 0.29) is 11.9 Å². The molecule has 96 valence electrons. The molecule has 0 amide bonds. The van der Waals surface area contributed by atoms with E-state index in [1.807, 2.05) is 44.8 Å². The van der Waals surface area contributed by atoms with Crippen LogP contribution in [0.5, 0.6) is 0 Å². The maximum atomic E-state index is 13.5. The fraction of sp³-hybridized carbons (Fsp3) is 0.357. The quantitative estimate of drug-likeness (QED) is 0.903. The molecule has 1 heterocycles. The summed E-state index contributed by atoms with van der Waals surface area (Å²) in [5.41, 5.74) is 3.82. The summed E-state index contributed by atoms with van der Waals surface area (Å²) in [4.78, 5) is 0. The van der Waals surface area contributed by atoms with Gasteiger partial charge in [-0.25, -0.2) is 4.39 Å². The van der Waals surface area contributed by atoms with Gasteiger partial charge in [-0.05, 0) is 50.2 Å². The molecule has 2 rings (SSSR count). The molecular formula is C14H18FN3. The lowest BCUT2D eigenvalue weighted by atomic mass is 10.0. The van der Waals surface area contributed by atoms with Crippen LogP contribution < -0.4 is 5.32 Å². The van der Waals surface area contributed by atoms with Crippen LogP contribution in [0.25, 0.3) is 0 Å². The lowest BCUT2D eigenvalue weighted by Crippen LogP contribution is -2.20. The lowest BCUT2D eigenvalue weighted by Gasteiger charge is -2.17. The van der Waals surface area contributed by atoms with Crippen molar-refractivity contribution in [2.75, 3.05) is 7.05 Å². The Hall–Kier alpha value is -1.68. The summed E-state index contributed by atoms with van der Waals surface area (Å²) in [7, 11) is 3.77. The van der Waals surface area contributed by atoms with E-state index >= 15 is 0 Å². The first-order valence-electron chi connectivity index (χ1n) is 5.96. The Labute approximate surface area is 107 Å². The van der Waals surface area contributed by atoms with Crippen LogP contribution in [0.2, 0.25) is 0 Å². The van der Waals surface area contributed by atoms with E-state index in [9.17, 15) is 4.39 Å². The highest BCUT2D eigenvalue weighted by atomic mass is 19.1. The summed E-state index contributed by atoms with van der Waals surface area (Å²) >= 11 is 0. The molecule has 0 aliphatic rings. The van der Waals surface area contributed by atoms with Crippen LogP contribution in [0.15, 0.2) is 24.3 Å². The van der Waals surface area contributed by atoms with Gasteiger partial charge >= 0.3 is 0 Å². The predicted molar refractivity (Wildman–Crippen MR) is 70.0 cm³/mol. The van der Waals surface area contributed by atoms with Crippen LogP contribution in [0.4, 0.5) is 4.39 Å². The van der Waals surface area contributed by atoms with Crippen LogP contribution >= 0.6 is 0 Å². The van der Waals surface area contributed by atoms with Gasteiger partial charge < -0.3 is 5.32 Å². The second-order valence-corrected chi connectivity index (χ2v) is 4.62. The zero-order chi connectivity index (χ0) is 13.3. The van der Waals surface area contributed by atoms with Gasteiger partial charge in [0.15, 0.2) is 0 Å². The number of rotatable bonds is 3. The molecule has 0 fully saturated rings. The first-order chi connectivity index (χ1) is 8.51. The van der Waals surface area contributed by atoms with Crippen LogP contribution in [0.3, 0.4) is 0 Å². The molecule has 0 spiro atoms. The van der Waals surface area contributed by atoms with Crippen molar-refractivity contribution >= 4 is 0 Å². The molecule has 1 N–H and O–H groups in total. The standard InChI is InChI=1S/C14H18FN3/c1-9-5-11(8-12(15)6-9)14(16-3)13-7-10(2)17-18(13)4/h5-8,14,16H,1-4H3. The summed E-state index contributed by atoms with van der Waals surface area (Å²) < 4.78 is 15.3. The summed E-state index contributed by atoms with van der Waals surface area (Å²) in [6, 6.07) is 7.06. The van der Waals surface area contributed by atoms with E-state index in [0.29, 0.717) is 0 Å². The number of halogens is 1. The minimum Gasteiger partial charge on any atom is -0.308 e. The molecule has 1 aromatic heterocycles. The fourth-order valence-electron chi connectivity index (χ4n) is 2.32. The Bertz CT molecular complexity index is 540. The van der Waals surface area contributed by atoms with Crippen LogP contribution in [0, 0.1) is 19.7 Å². The van der Waals surface area contributed by atoms with Crippen LogP contribution in [-0.4, -0.2) is 16.8 Å². The molecule has 2 aromatic rings. The van der Waals surface area contributed by atoms with Gasteiger partial charge in [0.1, 0.15) is 5.82 Å². The first-order valence-corrected chi connectivity index (χ1v) is 5.96. The van der Waals surface area contributed by atoms with Gasteiger partial charge in [0.05, 0.1) is 17.4 Å². The fourth-order valence-corrected chi connectivity index (χ4v) is 2.32. The van der Waals surface area contributed by atoms with E-state index in [1.54, 1.807) is 6.07 Å². The van der Waals surface area contributed by atoms with Gasteiger partial charge in [-0.15, -0.1) is 0 Å². The topological polar surface area (TPSA) is 29.9 Å². The molecule has 1 atom stereocenters. The monoisotopic (exact) mass is 247 g/mol. The molecule has 18 heavy (non-hydrogen) atoms. The number of nitrogens with one attached hydrogen (secondary N) is 1. The molecule has 0 radical (unpaired) electrons.